The minimum atomic E-state index is 0.204. The van der Waals surface area contributed by atoms with Crippen LogP contribution in [0.4, 0.5) is 5.82 Å². The van der Waals surface area contributed by atoms with Gasteiger partial charge in [0.25, 0.3) is 5.78 Å². The highest BCUT2D eigenvalue weighted by molar-refractivity contribution is 5.44. The van der Waals surface area contributed by atoms with Gasteiger partial charge in [-0.25, -0.2) is 4.98 Å². The third-order valence-electron chi connectivity index (χ3n) is 3.56. The first-order chi connectivity index (χ1) is 9.76. The molecule has 0 bridgehead atoms. The molecule has 2 aromatic rings. The molecule has 1 aliphatic rings. The fourth-order valence-corrected chi connectivity index (χ4v) is 2.47. The highest BCUT2D eigenvalue weighted by atomic mass is 16.5. The summed E-state index contributed by atoms with van der Waals surface area (Å²) >= 11 is 0. The van der Waals surface area contributed by atoms with Crippen LogP contribution >= 0.6 is 0 Å². The molecule has 2 aromatic heterocycles. The maximum Gasteiger partial charge on any atom is 0.254 e. The lowest BCUT2D eigenvalue weighted by molar-refractivity contribution is -0.0192. The van der Waals surface area contributed by atoms with E-state index in [1.807, 2.05) is 13.0 Å². The van der Waals surface area contributed by atoms with Gasteiger partial charge in [0.15, 0.2) is 0 Å². The molecule has 3 rings (SSSR count). The number of ether oxygens (including phenoxy) is 1. The van der Waals surface area contributed by atoms with Gasteiger partial charge in [0.1, 0.15) is 12.1 Å². The summed E-state index contributed by atoms with van der Waals surface area (Å²) in [7, 11) is 0. The van der Waals surface area contributed by atoms with E-state index in [0.717, 1.165) is 44.3 Å². The van der Waals surface area contributed by atoms with Crippen molar-refractivity contribution >= 4 is 11.6 Å². The van der Waals surface area contributed by atoms with E-state index < -0.39 is 0 Å². The standard InChI is InChI=1S/C13H20N6O/c1-3-18-4-5-20-11(8-18)7-14-12-6-10(2)17-13-15-9-16-19(12)13/h6,9,11,14H,3-5,7-8H2,1-2H3/t11-/m0/s1. The van der Waals surface area contributed by atoms with Gasteiger partial charge in [-0.05, 0) is 13.5 Å². The zero-order chi connectivity index (χ0) is 13.9. The maximum atomic E-state index is 5.79. The Hall–Kier alpha value is -1.73. The van der Waals surface area contributed by atoms with Crippen LogP contribution in [0.25, 0.3) is 5.78 Å². The fourth-order valence-electron chi connectivity index (χ4n) is 2.47. The van der Waals surface area contributed by atoms with E-state index in [2.05, 4.69) is 32.2 Å². The van der Waals surface area contributed by atoms with Gasteiger partial charge in [-0.3, -0.25) is 4.90 Å². The summed E-state index contributed by atoms with van der Waals surface area (Å²) in [5.41, 5.74) is 0.924. The molecule has 108 valence electrons. The summed E-state index contributed by atoms with van der Waals surface area (Å²) in [5, 5.41) is 7.58. The maximum absolute atomic E-state index is 5.79. The van der Waals surface area contributed by atoms with Crippen molar-refractivity contribution in [3.8, 4) is 0 Å². The summed E-state index contributed by atoms with van der Waals surface area (Å²) < 4.78 is 7.51. The van der Waals surface area contributed by atoms with Crippen LogP contribution in [0, 0.1) is 6.92 Å². The normalized spacial score (nSPS) is 20.4. The van der Waals surface area contributed by atoms with E-state index in [-0.39, 0.29) is 6.10 Å². The number of morpholine rings is 1. The molecule has 20 heavy (non-hydrogen) atoms. The van der Waals surface area contributed by atoms with E-state index in [0.29, 0.717) is 5.78 Å². The lowest BCUT2D eigenvalue weighted by Gasteiger charge is -2.32. The summed E-state index contributed by atoms with van der Waals surface area (Å²) in [4.78, 5) is 10.8. The largest absolute Gasteiger partial charge is 0.374 e. The van der Waals surface area contributed by atoms with Crippen molar-refractivity contribution in [2.24, 2.45) is 0 Å². The fraction of sp³-hybridized carbons (Fsp3) is 0.615. The van der Waals surface area contributed by atoms with Crippen LogP contribution in [0.5, 0.6) is 0 Å². The second kappa shape index (κ2) is 5.72. The highest BCUT2D eigenvalue weighted by Gasteiger charge is 2.19. The van der Waals surface area contributed by atoms with Gasteiger partial charge in [0, 0.05) is 31.4 Å². The summed E-state index contributed by atoms with van der Waals surface area (Å²) in [6, 6.07) is 1.97. The zero-order valence-electron chi connectivity index (χ0n) is 11.9. The van der Waals surface area contributed by atoms with Crippen LogP contribution in [-0.4, -0.2) is 63.4 Å². The average molecular weight is 276 g/mol. The molecule has 0 aliphatic carbocycles. The van der Waals surface area contributed by atoms with E-state index in [1.165, 1.54) is 6.33 Å². The van der Waals surface area contributed by atoms with Crippen molar-refractivity contribution < 1.29 is 4.74 Å². The Bertz CT molecular complexity index is 583. The monoisotopic (exact) mass is 276 g/mol. The Labute approximate surface area is 118 Å². The molecule has 1 aliphatic heterocycles. The summed E-state index contributed by atoms with van der Waals surface area (Å²) in [6.45, 7) is 8.75. The molecular formula is C13H20N6O. The van der Waals surface area contributed by atoms with Crippen LogP contribution in [0.1, 0.15) is 12.6 Å². The Morgan fingerprint density at radius 2 is 2.40 bits per heavy atom. The number of nitrogens with one attached hydrogen (secondary N) is 1. The van der Waals surface area contributed by atoms with Crippen LogP contribution in [0.15, 0.2) is 12.4 Å². The second-order valence-corrected chi connectivity index (χ2v) is 5.02. The van der Waals surface area contributed by atoms with Gasteiger partial charge >= 0.3 is 0 Å². The number of nitrogens with zero attached hydrogens (tertiary/aromatic N) is 5. The van der Waals surface area contributed by atoms with Gasteiger partial charge in [-0.15, -0.1) is 0 Å². The van der Waals surface area contributed by atoms with Gasteiger partial charge < -0.3 is 10.1 Å². The number of rotatable bonds is 4. The molecule has 0 amide bonds. The number of anilines is 1. The molecule has 0 aromatic carbocycles. The van der Waals surface area contributed by atoms with Crippen molar-refractivity contribution in [3.05, 3.63) is 18.1 Å². The summed E-state index contributed by atoms with van der Waals surface area (Å²) in [6.07, 6.45) is 1.72. The quantitative estimate of drug-likeness (QED) is 0.880. The Morgan fingerprint density at radius 3 is 3.25 bits per heavy atom. The first kappa shape index (κ1) is 13.3. The smallest absolute Gasteiger partial charge is 0.254 e. The predicted molar refractivity (Wildman–Crippen MR) is 75.9 cm³/mol. The Balaban J connectivity index is 1.69. The molecule has 0 radical (unpaired) electrons. The van der Waals surface area contributed by atoms with Crippen molar-refractivity contribution in [3.63, 3.8) is 0 Å². The third kappa shape index (κ3) is 2.73. The van der Waals surface area contributed by atoms with Crippen LogP contribution in [0.3, 0.4) is 0 Å². The van der Waals surface area contributed by atoms with Gasteiger partial charge in [0.05, 0.1) is 12.7 Å². The molecule has 0 spiro atoms. The summed E-state index contributed by atoms with van der Waals surface area (Å²) in [5.74, 6) is 1.52. The molecule has 1 atom stereocenters. The Kier molecular flexibility index (Phi) is 3.79. The van der Waals surface area contributed by atoms with Gasteiger partial charge in [-0.2, -0.15) is 14.6 Å². The second-order valence-electron chi connectivity index (χ2n) is 5.02. The molecule has 1 N–H and O–H groups in total. The van der Waals surface area contributed by atoms with Crippen molar-refractivity contribution in [2.45, 2.75) is 20.0 Å². The Morgan fingerprint density at radius 1 is 1.50 bits per heavy atom. The van der Waals surface area contributed by atoms with E-state index in [9.17, 15) is 0 Å². The number of hydrogen-bond donors (Lipinski definition) is 1. The molecule has 7 heteroatoms. The van der Waals surface area contributed by atoms with Crippen molar-refractivity contribution in [1.82, 2.24) is 24.5 Å². The average Bonchev–Trinajstić information content (AvgIpc) is 2.93. The number of aryl methyl sites for hydroxylation is 1. The molecule has 3 heterocycles. The lowest BCUT2D eigenvalue weighted by atomic mass is 10.2. The van der Waals surface area contributed by atoms with Gasteiger partial charge in [0.2, 0.25) is 0 Å². The third-order valence-corrected chi connectivity index (χ3v) is 3.56. The number of fused-ring (bicyclic) bond motifs is 1. The van der Waals surface area contributed by atoms with E-state index in [4.69, 9.17) is 4.74 Å². The molecule has 1 fully saturated rings. The molecule has 7 nitrogen and oxygen atoms in total. The predicted octanol–water partition coefficient (Wildman–Crippen LogP) is 0.565. The topological polar surface area (TPSA) is 67.6 Å². The number of likely N-dealkylation sites (N-methyl/N-ethyl adjacent to an activating group) is 1. The van der Waals surface area contributed by atoms with Gasteiger partial charge in [-0.1, -0.05) is 6.92 Å². The number of aromatic nitrogens is 4. The lowest BCUT2D eigenvalue weighted by Crippen LogP contribution is -2.45. The number of hydrogen-bond acceptors (Lipinski definition) is 6. The molecular weight excluding hydrogens is 256 g/mol. The minimum absolute atomic E-state index is 0.204. The molecule has 0 unspecified atom stereocenters. The minimum Gasteiger partial charge on any atom is -0.374 e. The van der Waals surface area contributed by atoms with Crippen molar-refractivity contribution in [2.75, 3.05) is 38.1 Å². The first-order valence-electron chi connectivity index (χ1n) is 7.01. The molecule has 0 saturated carbocycles. The molecule has 1 saturated heterocycles. The highest BCUT2D eigenvalue weighted by Crippen LogP contribution is 2.11. The first-order valence-corrected chi connectivity index (χ1v) is 7.01. The van der Waals surface area contributed by atoms with Crippen LogP contribution in [0.2, 0.25) is 0 Å². The SMILES string of the molecule is CCN1CCO[C@@H](CNc2cc(C)nc3ncnn23)C1. The van der Waals surface area contributed by atoms with Crippen LogP contribution in [-0.2, 0) is 4.74 Å². The van der Waals surface area contributed by atoms with E-state index in [1.54, 1.807) is 4.52 Å². The zero-order valence-corrected chi connectivity index (χ0v) is 11.9. The van der Waals surface area contributed by atoms with Crippen LogP contribution < -0.4 is 5.32 Å². The van der Waals surface area contributed by atoms with Crippen molar-refractivity contribution in [1.29, 1.82) is 0 Å². The van der Waals surface area contributed by atoms with E-state index >= 15 is 0 Å².